The second-order valence-electron chi connectivity index (χ2n) is 7.41. The number of carbonyl (C=O) groups is 1. The third-order valence-electron chi connectivity index (χ3n) is 4.90. The lowest BCUT2D eigenvalue weighted by molar-refractivity contribution is -0.0245. The second kappa shape index (κ2) is 8.01. The molecule has 1 aliphatic heterocycles. The molecule has 0 radical (unpaired) electrons. The van der Waals surface area contributed by atoms with Crippen LogP contribution < -0.4 is 4.74 Å². The summed E-state index contributed by atoms with van der Waals surface area (Å²) in [7, 11) is 0. The number of nitrogens with zero attached hydrogens (tertiary/aromatic N) is 5. The zero-order chi connectivity index (χ0) is 22.2. The maximum absolute atomic E-state index is 14.8. The number of hydrogen-bond donors (Lipinski definition) is 0. The molecule has 0 spiro atoms. The first-order chi connectivity index (χ1) is 14.7. The van der Waals surface area contributed by atoms with Gasteiger partial charge in [0.05, 0.1) is 18.4 Å². The summed E-state index contributed by atoms with van der Waals surface area (Å²) in [4.78, 5) is 22.1. The smallest absolute Gasteiger partial charge is 0.278 e. The Morgan fingerprint density at radius 3 is 2.71 bits per heavy atom. The minimum absolute atomic E-state index is 0.00109. The number of aromatic nitrogens is 4. The van der Waals surface area contributed by atoms with E-state index in [-0.39, 0.29) is 24.5 Å². The summed E-state index contributed by atoms with van der Waals surface area (Å²) in [5.41, 5.74) is 2.19. The van der Waals surface area contributed by atoms with Crippen molar-refractivity contribution in [1.29, 1.82) is 0 Å². The highest BCUT2D eigenvalue weighted by atomic mass is 19.3. The Kier molecular flexibility index (Phi) is 5.38. The van der Waals surface area contributed by atoms with Gasteiger partial charge in [-0.15, -0.1) is 0 Å². The highest BCUT2D eigenvalue weighted by molar-refractivity contribution is 5.99. The van der Waals surface area contributed by atoms with Crippen molar-refractivity contribution in [2.75, 3.05) is 6.61 Å². The summed E-state index contributed by atoms with van der Waals surface area (Å²) in [5, 5.41) is 4.19. The first-order valence-electron chi connectivity index (χ1n) is 9.70. The first-order valence-corrected chi connectivity index (χ1v) is 9.70. The third-order valence-corrected chi connectivity index (χ3v) is 4.90. The summed E-state index contributed by atoms with van der Waals surface area (Å²) in [5.74, 6) is -4.21. The molecule has 0 bridgehead atoms. The predicted octanol–water partition coefficient (Wildman–Crippen LogP) is 3.69. The quantitative estimate of drug-likeness (QED) is 0.571. The molecular formula is C21H20F3N5O2. The van der Waals surface area contributed by atoms with Crippen molar-refractivity contribution in [2.24, 2.45) is 0 Å². The third kappa shape index (κ3) is 4.37. The number of benzene rings is 1. The number of ether oxygens (including phenoxy) is 1. The average Bonchev–Trinajstić information content (AvgIpc) is 3.33. The topological polar surface area (TPSA) is 73.1 Å². The normalized spacial score (nSPS) is 13.6. The first kappa shape index (κ1) is 20.8. The summed E-state index contributed by atoms with van der Waals surface area (Å²) in [6.07, 6.45) is 4.65. The SMILES string of the molecule is CCn1cc(-c2ccc(CN3Cc4ncnc(OCC(C)(F)F)c4C3=O)c(F)c2)cn1. The van der Waals surface area contributed by atoms with Gasteiger partial charge in [-0.3, -0.25) is 9.48 Å². The van der Waals surface area contributed by atoms with Crippen molar-refractivity contribution in [3.8, 4) is 17.0 Å². The van der Waals surface area contributed by atoms with E-state index in [1.165, 1.54) is 11.0 Å². The van der Waals surface area contributed by atoms with Crippen LogP contribution in [0.5, 0.6) is 5.88 Å². The number of rotatable bonds is 7. The molecule has 3 aromatic rings. The highest BCUT2D eigenvalue weighted by Gasteiger charge is 2.34. The molecular weight excluding hydrogens is 411 g/mol. The summed E-state index contributed by atoms with van der Waals surface area (Å²) in [6, 6.07) is 4.78. The molecule has 0 saturated carbocycles. The van der Waals surface area contributed by atoms with Crippen LogP contribution in [0, 0.1) is 5.82 Å². The predicted molar refractivity (Wildman–Crippen MR) is 105 cm³/mol. The van der Waals surface area contributed by atoms with Gasteiger partial charge in [0.1, 0.15) is 17.7 Å². The van der Waals surface area contributed by atoms with Crippen molar-refractivity contribution < 1.29 is 22.7 Å². The van der Waals surface area contributed by atoms with Gasteiger partial charge in [-0.2, -0.15) is 5.10 Å². The fourth-order valence-electron chi connectivity index (χ4n) is 3.33. The number of hydrogen-bond acceptors (Lipinski definition) is 5. The molecule has 4 rings (SSSR count). The van der Waals surface area contributed by atoms with Crippen LogP contribution in [0.1, 0.15) is 35.5 Å². The number of fused-ring (bicyclic) bond motifs is 1. The van der Waals surface area contributed by atoms with E-state index in [9.17, 15) is 18.0 Å². The van der Waals surface area contributed by atoms with Gasteiger partial charge < -0.3 is 9.64 Å². The largest absolute Gasteiger partial charge is 0.471 e. The molecule has 31 heavy (non-hydrogen) atoms. The molecule has 0 unspecified atom stereocenters. The lowest BCUT2D eigenvalue weighted by Crippen LogP contribution is -2.25. The summed E-state index contributed by atoms with van der Waals surface area (Å²) in [6.45, 7) is 2.58. The number of halogens is 3. The fourth-order valence-corrected chi connectivity index (χ4v) is 3.33. The zero-order valence-corrected chi connectivity index (χ0v) is 17.0. The molecule has 0 fully saturated rings. The van der Waals surface area contributed by atoms with Crippen LogP contribution in [0.15, 0.2) is 36.9 Å². The lowest BCUT2D eigenvalue weighted by Gasteiger charge is -2.16. The van der Waals surface area contributed by atoms with Crippen molar-refractivity contribution in [3.05, 3.63) is 59.6 Å². The second-order valence-corrected chi connectivity index (χ2v) is 7.41. The summed E-state index contributed by atoms with van der Waals surface area (Å²) < 4.78 is 47.8. The summed E-state index contributed by atoms with van der Waals surface area (Å²) >= 11 is 0. The Labute approximate surface area is 176 Å². The Bertz CT molecular complexity index is 1130. The maximum atomic E-state index is 14.8. The lowest BCUT2D eigenvalue weighted by atomic mass is 10.1. The van der Waals surface area contributed by atoms with Gasteiger partial charge in [0, 0.05) is 37.3 Å². The molecule has 162 valence electrons. The molecule has 0 saturated heterocycles. The maximum Gasteiger partial charge on any atom is 0.278 e. The van der Waals surface area contributed by atoms with E-state index in [2.05, 4.69) is 15.1 Å². The van der Waals surface area contributed by atoms with Crippen LogP contribution in [-0.4, -0.2) is 43.1 Å². The van der Waals surface area contributed by atoms with Gasteiger partial charge in [0.2, 0.25) is 5.88 Å². The Hall–Kier alpha value is -3.43. The Morgan fingerprint density at radius 1 is 1.23 bits per heavy atom. The minimum atomic E-state index is -3.07. The molecule has 2 aromatic heterocycles. The molecule has 3 heterocycles. The monoisotopic (exact) mass is 431 g/mol. The van der Waals surface area contributed by atoms with E-state index >= 15 is 0 Å². The zero-order valence-electron chi connectivity index (χ0n) is 17.0. The molecule has 1 aromatic carbocycles. The highest BCUT2D eigenvalue weighted by Crippen LogP contribution is 2.30. The Morgan fingerprint density at radius 2 is 2.03 bits per heavy atom. The molecule has 1 amide bonds. The number of aryl methyl sites for hydroxylation is 1. The van der Waals surface area contributed by atoms with Crippen LogP contribution in [0.25, 0.3) is 11.1 Å². The number of alkyl halides is 2. The van der Waals surface area contributed by atoms with E-state index in [1.807, 2.05) is 13.1 Å². The molecule has 7 nitrogen and oxygen atoms in total. The van der Waals surface area contributed by atoms with Crippen LogP contribution in [0.3, 0.4) is 0 Å². The van der Waals surface area contributed by atoms with Crippen molar-refractivity contribution >= 4 is 5.91 Å². The van der Waals surface area contributed by atoms with Crippen molar-refractivity contribution in [1.82, 2.24) is 24.6 Å². The molecule has 0 atom stereocenters. The van der Waals surface area contributed by atoms with E-state index in [4.69, 9.17) is 4.74 Å². The fraction of sp³-hybridized carbons (Fsp3) is 0.333. The van der Waals surface area contributed by atoms with Crippen LogP contribution in [0.4, 0.5) is 13.2 Å². The van der Waals surface area contributed by atoms with Gasteiger partial charge in [-0.25, -0.2) is 23.1 Å². The van der Waals surface area contributed by atoms with Gasteiger partial charge in [-0.05, 0) is 18.6 Å². The molecule has 0 aliphatic carbocycles. The van der Waals surface area contributed by atoms with E-state index in [0.29, 0.717) is 30.3 Å². The van der Waals surface area contributed by atoms with Crippen LogP contribution >= 0.6 is 0 Å². The van der Waals surface area contributed by atoms with E-state index in [0.717, 1.165) is 11.9 Å². The van der Waals surface area contributed by atoms with Gasteiger partial charge in [0.25, 0.3) is 11.8 Å². The minimum Gasteiger partial charge on any atom is -0.471 e. The van der Waals surface area contributed by atoms with Crippen molar-refractivity contribution in [3.63, 3.8) is 0 Å². The van der Waals surface area contributed by atoms with E-state index in [1.54, 1.807) is 23.0 Å². The number of amides is 1. The standard InChI is InChI=1S/C21H20F3N5O2/c1-3-29-9-15(7-27-29)13-4-5-14(16(22)6-13)8-28-10-17-18(20(28)30)19(26-12-25-17)31-11-21(2,23)24/h4-7,9,12H,3,8,10-11H2,1-2H3. The molecule has 0 N–H and O–H groups in total. The van der Waals surface area contributed by atoms with Gasteiger partial charge in [-0.1, -0.05) is 12.1 Å². The van der Waals surface area contributed by atoms with Crippen molar-refractivity contribution in [2.45, 2.75) is 39.4 Å². The molecule has 10 heteroatoms. The van der Waals surface area contributed by atoms with Gasteiger partial charge in [0.15, 0.2) is 6.61 Å². The average molecular weight is 431 g/mol. The Balaban J connectivity index is 1.52. The van der Waals surface area contributed by atoms with E-state index < -0.39 is 24.3 Å². The van der Waals surface area contributed by atoms with Crippen LogP contribution in [0.2, 0.25) is 0 Å². The van der Waals surface area contributed by atoms with Crippen LogP contribution in [-0.2, 0) is 19.6 Å². The number of carbonyl (C=O) groups excluding carboxylic acids is 1. The molecule has 1 aliphatic rings. The van der Waals surface area contributed by atoms with Gasteiger partial charge >= 0.3 is 0 Å².